The lowest BCUT2D eigenvalue weighted by Gasteiger charge is -2.29. The minimum Gasteiger partial charge on any atom is -0.456 e. The fraction of sp³-hybridized carbons (Fsp3) is 0.533. The Morgan fingerprint density at radius 2 is 2.10 bits per heavy atom. The van der Waals surface area contributed by atoms with Gasteiger partial charge in [0.25, 0.3) is 5.71 Å². The van der Waals surface area contributed by atoms with Crippen LogP contribution in [-0.2, 0) is 9.47 Å². The van der Waals surface area contributed by atoms with Gasteiger partial charge in [0, 0.05) is 13.3 Å². The molecule has 3 rings (SSSR count). The third-order valence-corrected chi connectivity index (χ3v) is 3.95. The highest BCUT2D eigenvalue weighted by molar-refractivity contribution is 5.93. The first kappa shape index (κ1) is 14.0. The number of methoxy groups -OCH3 is 1. The Morgan fingerprint density at radius 1 is 1.33 bits per heavy atom. The predicted octanol–water partition coefficient (Wildman–Crippen LogP) is 2.65. The number of aromatic nitrogens is 2. The molecule has 0 aliphatic heterocycles. The highest BCUT2D eigenvalue weighted by Crippen LogP contribution is 2.25. The molecule has 0 radical (unpaired) electrons. The number of esters is 1. The van der Waals surface area contributed by atoms with Gasteiger partial charge in [0.2, 0.25) is 0 Å². The lowest BCUT2D eigenvalue weighted by molar-refractivity contribution is -0.0539. The Balaban J connectivity index is 1.78. The zero-order valence-electron chi connectivity index (χ0n) is 12.2. The number of fused-ring (bicyclic) bond motifs is 1. The van der Waals surface area contributed by atoms with Crippen LogP contribution in [-0.4, -0.2) is 35.4 Å². The number of hydrogen-bond donors (Lipinski definition) is 0. The van der Waals surface area contributed by atoms with Crippen LogP contribution in [0.2, 0.25) is 0 Å². The molecule has 2 atom stereocenters. The average Bonchev–Trinajstić information content (AvgIpc) is 2.88. The number of carbonyl (C=O) groups is 1. The molecule has 1 saturated carbocycles. The van der Waals surface area contributed by atoms with Crippen molar-refractivity contribution in [3.63, 3.8) is 0 Å². The Labute approximate surface area is 122 Å². The van der Waals surface area contributed by atoms with Gasteiger partial charge in [-0.3, -0.25) is 0 Å². The van der Waals surface area contributed by atoms with E-state index in [1.54, 1.807) is 13.2 Å². The maximum Gasteiger partial charge on any atom is 0.340 e. The summed E-state index contributed by atoms with van der Waals surface area (Å²) in [5.74, 6) is -0.376. The van der Waals surface area contributed by atoms with Crippen LogP contribution < -0.4 is 0 Å². The monoisotopic (exact) mass is 290 g/mol. The van der Waals surface area contributed by atoms with Gasteiger partial charge in [-0.25, -0.2) is 9.78 Å². The zero-order valence-corrected chi connectivity index (χ0v) is 12.2. The van der Waals surface area contributed by atoms with Crippen LogP contribution >= 0.6 is 0 Å². The second-order valence-electron chi connectivity index (χ2n) is 5.35. The van der Waals surface area contributed by atoms with Crippen molar-refractivity contribution in [3.8, 4) is 0 Å². The van der Waals surface area contributed by atoms with Gasteiger partial charge in [0.1, 0.15) is 6.10 Å². The zero-order chi connectivity index (χ0) is 14.8. The molecule has 0 aromatic carbocycles. The lowest BCUT2D eigenvalue weighted by atomic mass is 9.94. The van der Waals surface area contributed by atoms with Crippen molar-refractivity contribution in [2.45, 2.75) is 44.8 Å². The summed E-state index contributed by atoms with van der Waals surface area (Å²) in [6.07, 6.45) is 5.19. The highest BCUT2D eigenvalue weighted by atomic mass is 16.6. The van der Waals surface area contributed by atoms with E-state index in [0.717, 1.165) is 31.1 Å². The number of hydrogen-bond acceptors (Lipinski definition) is 6. The van der Waals surface area contributed by atoms with E-state index in [0.29, 0.717) is 17.0 Å². The molecule has 2 aromatic rings. The number of aryl methyl sites for hydroxylation is 1. The van der Waals surface area contributed by atoms with Crippen molar-refractivity contribution in [3.05, 3.63) is 23.5 Å². The van der Waals surface area contributed by atoms with E-state index in [2.05, 4.69) is 10.1 Å². The average molecular weight is 290 g/mol. The second kappa shape index (κ2) is 5.81. The van der Waals surface area contributed by atoms with E-state index in [4.69, 9.17) is 14.0 Å². The van der Waals surface area contributed by atoms with Crippen molar-refractivity contribution in [1.29, 1.82) is 0 Å². The Morgan fingerprint density at radius 3 is 2.86 bits per heavy atom. The summed E-state index contributed by atoms with van der Waals surface area (Å²) < 4.78 is 16.0. The maximum atomic E-state index is 12.3. The molecule has 2 heterocycles. The first-order valence-corrected chi connectivity index (χ1v) is 7.15. The van der Waals surface area contributed by atoms with Crippen LogP contribution in [0, 0.1) is 6.92 Å². The predicted molar refractivity (Wildman–Crippen MR) is 75.0 cm³/mol. The van der Waals surface area contributed by atoms with E-state index in [-0.39, 0.29) is 18.2 Å². The minimum atomic E-state index is -0.376. The molecule has 1 aliphatic rings. The molecule has 1 aliphatic carbocycles. The Kier molecular flexibility index (Phi) is 3.88. The van der Waals surface area contributed by atoms with E-state index < -0.39 is 0 Å². The molecule has 112 valence electrons. The summed E-state index contributed by atoms with van der Waals surface area (Å²) in [5.41, 5.74) is 1.55. The quantitative estimate of drug-likeness (QED) is 0.809. The van der Waals surface area contributed by atoms with Crippen LogP contribution in [0.25, 0.3) is 11.1 Å². The normalized spacial score (nSPS) is 22.4. The molecule has 0 amide bonds. The van der Waals surface area contributed by atoms with Gasteiger partial charge in [-0.1, -0.05) is 11.6 Å². The first-order valence-electron chi connectivity index (χ1n) is 7.15. The fourth-order valence-electron chi connectivity index (χ4n) is 2.73. The smallest absolute Gasteiger partial charge is 0.340 e. The molecule has 21 heavy (non-hydrogen) atoms. The van der Waals surface area contributed by atoms with Gasteiger partial charge in [0.05, 0.1) is 22.7 Å². The maximum absolute atomic E-state index is 12.3. The van der Waals surface area contributed by atoms with Gasteiger partial charge in [0.15, 0.2) is 0 Å². The lowest BCUT2D eigenvalue weighted by Crippen LogP contribution is -2.35. The van der Waals surface area contributed by atoms with Crippen LogP contribution in [0.4, 0.5) is 0 Å². The molecule has 2 aromatic heterocycles. The van der Waals surface area contributed by atoms with Gasteiger partial charge < -0.3 is 14.0 Å². The number of rotatable bonds is 3. The molecular formula is C15H18N2O4. The van der Waals surface area contributed by atoms with E-state index >= 15 is 0 Å². The van der Waals surface area contributed by atoms with Crippen molar-refractivity contribution < 1.29 is 18.8 Å². The third-order valence-electron chi connectivity index (χ3n) is 3.95. The minimum absolute atomic E-state index is 0.0169. The van der Waals surface area contributed by atoms with E-state index in [1.807, 2.05) is 6.92 Å². The van der Waals surface area contributed by atoms with Gasteiger partial charge in [-0.15, -0.1) is 0 Å². The summed E-state index contributed by atoms with van der Waals surface area (Å²) in [6.45, 7) is 1.81. The summed E-state index contributed by atoms with van der Waals surface area (Å²) in [7, 11) is 1.66. The second-order valence-corrected chi connectivity index (χ2v) is 5.35. The number of pyridine rings is 1. The molecular weight excluding hydrogens is 272 g/mol. The molecule has 0 spiro atoms. The van der Waals surface area contributed by atoms with Crippen LogP contribution in [0.5, 0.6) is 0 Å². The standard InChI is InChI=1S/C15H18N2O4/c1-9-11-7-10(8-16-14(11)21-17-9)15(18)20-13-6-4-3-5-12(13)19-2/h7-8,12-13H,3-6H2,1-2H3/t12-,13-/m1/s1. The topological polar surface area (TPSA) is 74.5 Å². The van der Waals surface area contributed by atoms with Crippen molar-refractivity contribution in [2.24, 2.45) is 0 Å². The van der Waals surface area contributed by atoms with E-state index in [9.17, 15) is 4.79 Å². The van der Waals surface area contributed by atoms with Gasteiger partial charge in [-0.05, 0) is 32.3 Å². The number of nitrogens with zero attached hydrogens (tertiary/aromatic N) is 2. The summed E-state index contributed by atoms with van der Waals surface area (Å²) in [4.78, 5) is 16.4. The van der Waals surface area contributed by atoms with Crippen LogP contribution in [0.1, 0.15) is 41.7 Å². The summed E-state index contributed by atoms with van der Waals surface area (Å²) >= 11 is 0. The van der Waals surface area contributed by atoms with Crippen molar-refractivity contribution in [1.82, 2.24) is 10.1 Å². The van der Waals surface area contributed by atoms with Crippen LogP contribution in [0.3, 0.4) is 0 Å². The molecule has 6 heteroatoms. The van der Waals surface area contributed by atoms with Crippen molar-refractivity contribution >= 4 is 17.1 Å². The molecule has 0 N–H and O–H groups in total. The summed E-state index contributed by atoms with van der Waals surface area (Å²) in [5, 5.41) is 4.56. The fourth-order valence-corrected chi connectivity index (χ4v) is 2.73. The van der Waals surface area contributed by atoms with Crippen LogP contribution in [0.15, 0.2) is 16.8 Å². The highest BCUT2D eigenvalue weighted by Gasteiger charge is 2.28. The number of ether oxygens (including phenoxy) is 2. The molecule has 0 unspecified atom stereocenters. The summed E-state index contributed by atoms with van der Waals surface area (Å²) in [6, 6.07) is 1.71. The SMILES string of the molecule is CO[C@@H]1CCCC[C@H]1OC(=O)c1cnc2onc(C)c2c1. The first-order chi connectivity index (χ1) is 10.2. The Bertz CT molecular complexity index is 652. The largest absolute Gasteiger partial charge is 0.456 e. The van der Waals surface area contributed by atoms with Crippen molar-refractivity contribution in [2.75, 3.05) is 7.11 Å². The molecule has 0 saturated heterocycles. The molecule has 6 nitrogen and oxygen atoms in total. The third kappa shape index (κ3) is 2.76. The molecule has 1 fully saturated rings. The van der Waals surface area contributed by atoms with Gasteiger partial charge >= 0.3 is 5.97 Å². The van der Waals surface area contributed by atoms with E-state index in [1.165, 1.54) is 6.20 Å². The number of carbonyl (C=O) groups excluding carboxylic acids is 1. The molecule has 0 bridgehead atoms. The van der Waals surface area contributed by atoms with Gasteiger partial charge in [-0.2, -0.15) is 0 Å². The Hall–Kier alpha value is -1.95.